The fourth-order valence-corrected chi connectivity index (χ4v) is 1.40. The van der Waals surface area contributed by atoms with Gasteiger partial charge in [0, 0.05) is 23.2 Å². The van der Waals surface area contributed by atoms with Crippen LogP contribution in [0.1, 0.15) is 25.1 Å². The summed E-state index contributed by atoms with van der Waals surface area (Å²) in [4.78, 5) is 0. The average molecular weight is 168 g/mol. The van der Waals surface area contributed by atoms with Gasteiger partial charge in [-0.1, -0.05) is 13.8 Å². The van der Waals surface area contributed by atoms with E-state index in [1.54, 1.807) is 0 Å². The zero-order chi connectivity index (χ0) is 9.35. The monoisotopic (exact) mass is 168 g/mol. The first kappa shape index (κ1) is 9.06. The molecule has 12 heavy (non-hydrogen) atoms. The van der Waals surface area contributed by atoms with Crippen molar-refractivity contribution in [1.29, 1.82) is 0 Å². The van der Waals surface area contributed by atoms with Crippen LogP contribution in [0.15, 0.2) is 0 Å². The zero-order valence-electron chi connectivity index (χ0n) is 7.81. The van der Waals surface area contributed by atoms with Crippen molar-refractivity contribution in [2.75, 3.05) is 12.3 Å². The molecule has 68 valence electrons. The van der Waals surface area contributed by atoms with Gasteiger partial charge in [-0.3, -0.25) is 5.10 Å². The minimum Gasteiger partial charge on any atom is -0.382 e. The lowest BCUT2D eigenvalue weighted by Gasteiger charge is -2.22. The third kappa shape index (κ3) is 1.30. The van der Waals surface area contributed by atoms with Crippen LogP contribution in [-0.2, 0) is 5.41 Å². The number of H-pyrrole nitrogens is 1. The number of aromatic amines is 1. The maximum atomic E-state index is 5.71. The summed E-state index contributed by atoms with van der Waals surface area (Å²) in [7, 11) is 0. The second kappa shape index (κ2) is 2.79. The van der Waals surface area contributed by atoms with Crippen LogP contribution in [0.2, 0.25) is 0 Å². The zero-order valence-corrected chi connectivity index (χ0v) is 7.81. The van der Waals surface area contributed by atoms with Gasteiger partial charge in [-0.25, -0.2) is 0 Å². The number of nitrogens with zero attached hydrogens (tertiary/aromatic N) is 1. The minimum absolute atomic E-state index is 0.0961. The Kier molecular flexibility index (Phi) is 2.10. The Hall–Kier alpha value is -1.03. The standard InChI is InChI=1S/C8H16N4/c1-5-6(7(10)12-11-5)8(2,3)4-9/h4,9H2,1-3H3,(H3,10,11,12). The third-order valence-electron chi connectivity index (χ3n) is 2.16. The lowest BCUT2D eigenvalue weighted by Crippen LogP contribution is -2.29. The summed E-state index contributed by atoms with van der Waals surface area (Å²) in [6.45, 7) is 6.64. The number of nitrogens with one attached hydrogen (secondary N) is 1. The van der Waals surface area contributed by atoms with E-state index in [0.717, 1.165) is 11.3 Å². The van der Waals surface area contributed by atoms with E-state index in [0.29, 0.717) is 12.4 Å². The van der Waals surface area contributed by atoms with Crippen LogP contribution < -0.4 is 11.5 Å². The number of anilines is 1. The van der Waals surface area contributed by atoms with E-state index in [1.807, 2.05) is 6.92 Å². The lowest BCUT2D eigenvalue weighted by atomic mass is 9.84. The highest BCUT2D eigenvalue weighted by atomic mass is 15.2. The van der Waals surface area contributed by atoms with Gasteiger partial charge in [0.25, 0.3) is 0 Å². The van der Waals surface area contributed by atoms with Crippen LogP contribution in [0, 0.1) is 6.92 Å². The SMILES string of the molecule is Cc1[nH]nc(N)c1C(C)(C)CN. The summed E-state index contributed by atoms with van der Waals surface area (Å²) < 4.78 is 0. The Labute approximate surface area is 72.3 Å². The van der Waals surface area contributed by atoms with Crippen LogP contribution >= 0.6 is 0 Å². The third-order valence-corrected chi connectivity index (χ3v) is 2.16. The van der Waals surface area contributed by atoms with Gasteiger partial charge in [0.1, 0.15) is 5.82 Å². The van der Waals surface area contributed by atoms with E-state index < -0.39 is 0 Å². The first-order valence-electron chi connectivity index (χ1n) is 4.00. The van der Waals surface area contributed by atoms with Gasteiger partial charge in [0.2, 0.25) is 0 Å². The van der Waals surface area contributed by atoms with Crippen molar-refractivity contribution in [2.24, 2.45) is 5.73 Å². The number of aryl methyl sites for hydroxylation is 1. The van der Waals surface area contributed by atoms with Gasteiger partial charge >= 0.3 is 0 Å². The van der Waals surface area contributed by atoms with Crippen molar-refractivity contribution in [3.63, 3.8) is 0 Å². The second-order valence-corrected chi connectivity index (χ2v) is 3.70. The predicted octanol–water partition coefficient (Wildman–Crippen LogP) is 0.537. The van der Waals surface area contributed by atoms with Gasteiger partial charge in [-0.05, 0) is 6.92 Å². The average Bonchev–Trinajstić information content (AvgIpc) is 2.31. The van der Waals surface area contributed by atoms with Crippen LogP contribution in [-0.4, -0.2) is 16.7 Å². The molecule has 0 radical (unpaired) electrons. The first-order valence-corrected chi connectivity index (χ1v) is 4.00. The number of nitrogen functional groups attached to an aromatic ring is 1. The van der Waals surface area contributed by atoms with Crippen LogP contribution in [0.5, 0.6) is 0 Å². The first-order chi connectivity index (χ1) is 5.49. The normalized spacial score (nSPS) is 12.0. The second-order valence-electron chi connectivity index (χ2n) is 3.70. The van der Waals surface area contributed by atoms with E-state index in [1.165, 1.54) is 0 Å². The molecule has 0 atom stereocenters. The number of rotatable bonds is 2. The molecule has 4 nitrogen and oxygen atoms in total. The van der Waals surface area contributed by atoms with Crippen molar-refractivity contribution >= 4 is 5.82 Å². The maximum Gasteiger partial charge on any atom is 0.149 e. The van der Waals surface area contributed by atoms with Gasteiger partial charge in [0.15, 0.2) is 0 Å². The van der Waals surface area contributed by atoms with Crippen LogP contribution in [0.25, 0.3) is 0 Å². The van der Waals surface area contributed by atoms with Crippen molar-refractivity contribution < 1.29 is 0 Å². The molecule has 0 unspecified atom stereocenters. The quantitative estimate of drug-likeness (QED) is 0.602. The summed E-state index contributed by atoms with van der Waals surface area (Å²) in [5.74, 6) is 0.558. The molecule has 0 amide bonds. The summed E-state index contributed by atoms with van der Waals surface area (Å²) in [6.07, 6.45) is 0. The number of hydrogen-bond acceptors (Lipinski definition) is 3. The Balaban J connectivity index is 3.17. The van der Waals surface area contributed by atoms with E-state index in [-0.39, 0.29) is 5.41 Å². The van der Waals surface area contributed by atoms with E-state index in [2.05, 4.69) is 24.0 Å². The molecule has 0 aromatic carbocycles. The van der Waals surface area contributed by atoms with E-state index in [4.69, 9.17) is 11.5 Å². The number of aromatic nitrogens is 2. The molecule has 5 N–H and O–H groups in total. The Morgan fingerprint density at radius 3 is 2.42 bits per heavy atom. The molecule has 0 saturated heterocycles. The summed E-state index contributed by atoms with van der Waals surface area (Å²) in [6, 6.07) is 0. The molecular weight excluding hydrogens is 152 g/mol. The smallest absolute Gasteiger partial charge is 0.149 e. The van der Waals surface area contributed by atoms with Gasteiger partial charge in [0.05, 0.1) is 0 Å². The molecule has 1 rings (SSSR count). The fourth-order valence-electron chi connectivity index (χ4n) is 1.40. The maximum absolute atomic E-state index is 5.71. The molecule has 0 bridgehead atoms. The van der Waals surface area contributed by atoms with Crippen LogP contribution in [0.4, 0.5) is 5.82 Å². The Bertz CT molecular complexity index is 255. The summed E-state index contributed by atoms with van der Waals surface area (Å²) in [5.41, 5.74) is 13.3. The van der Waals surface area contributed by atoms with E-state index >= 15 is 0 Å². The number of hydrogen-bond donors (Lipinski definition) is 3. The summed E-state index contributed by atoms with van der Waals surface area (Å²) in [5, 5.41) is 6.77. The largest absolute Gasteiger partial charge is 0.382 e. The fraction of sp³-hybridized carbons (Fsp3) is 0.625. The van der Waals surface area contributed by atoms with Crippen molar-refractivity contribution in [3.05, 3.63) is 11.3 Å². The van der Waals surface area contributed by atoms with Gasteiger partial charge in [-0.2, -0.15) is 5.10 Å². The topological polar surface area (TPSA) is 80.7 Å². The van der Waals surface area contributed by atoms with Crippen LogP contribution in [0.3, 0.4) is 0 Å². The molecule has 0 aliphatic heterocycles. The molecule has 0 aliphatic carbocycles. The molecular formula is C8H16N4. The molecule has 0 aliphatic rings. The molecule has 1 heterocycles. The molecule has 0 saturated carbocycles. The highest BCUT2D eigenvalue weighted by Crippen LogP contribution is 2.28. The molecule has 0 fully saturated rings. The molecule has 4 heteroatoms. The van der Waals surface area contributed by atoms with Gasteiger partial charge < -0.3 is 11.5 Å². The lowest BCUT2D eigenvalue weighted by molar-refractivity contribution is 0.538. The molecule has 1 aromatic heterocycles. The minimum atomic E-state index is -0.0961. The molecule has 0 spiro atoms. The molecule has 1 aromatic rings. The summed E-state index contributed by atoms with van der Waals surface area (Å²) >= 11 is 0. The number of nitrogens with two attached hydrogens (primary N) is 2. The van der Waals surface area contributed by atoms with E-state index in [9.17, 15) is 0 Å². The Morgan fingerprint density at radius 1 is 1.50 bits per heavy atom. The van der Waals surface area contributed by atoms with Crippen molar-refractivity contribution in [3.8, 4) is 0 Å². The van der Waals surface area contributed by atoms with Crippen molar-refractivity contribution in [2.45, 2.75) is 26.2 Å². The highest BCUT2D eigenvalue weighted by Gasteiger charge is 2.25. The van der Waals surface area contributed by atoms with Crippen molar-refractivity contribution in [1.82, 2.24) is 10.2 Å². The highest BCUT2D eigenvalue weighted by molar-refractivity contribution is 5.46. The van der Waals surface area contributed by atoms with Gasteiger partial charge in [-0.15, -0.1) is 0 Å². The Morgan fingerprint density at radius 2 is 2.08 bits per heavy atom. The predicted molar refractivity (Wildman–Crippen MR) is 49.8 cm³/mol.